The Morgan fingerprint density at radius 3 is 2.72 bits per heavy atom. The number of halogens is 2. The van der Waals surface area contributed by atoms with Gasteiger partial charge in [0.25, 0.3) is 0 Å². The van der Waals surface area contributed by atoms with Gasteiger partial charge in [0.15, 0.2) is 0 Å². The fraction of sp³-hybridized carbons (Fsp3) is 0.571. The molecule has 0 fully saturated rings. The van der Waals surface area contributed by atoms with Gasteiger partial charge < -0.3 is 10.1 Å². The molecule has 4 heteroatoms. The Morgan fingerprint density at radius 2 is 2.06 bits per heavy atom. The second-order valence-corrected chi connectivity index (χ2v) is 5.45. The minimum Gasteiger partial charge on any atom is -0.492 e. The quantitative estimate of drug-likeness (QED) is 0.728. The van der Waals surface area contributed by atoms with Crippen LogP contribution in [0.4, 0.5) is 4.39 Å². The first-order valence-electron chi connectivity index (χ1n) is 6.41. The molecule has 0 aliphatic carbocycles. The zero-order valence-electron chi connectivity index (χ0n) is 11.0. The molecule has 102 valence electrons. The topological polar surface area (TPSA) is 21.3 Å². The summed E-state index contributed by atoms with van der Waals surface area (Å²) in [6.07, 6.45) is 3.31. The molecule has 0 bridgehead atoms. The van der Waals surface area contributed by atoms with Crippen molar-refractivity contribution in [3.8, 4) is 5.75 Å². The van der Waals surface area contributed by atoms with Gasteiger partial charge in [-0.25, -0.2) is 4.39 Å². The Hall–Kier alpha value is -0.610. The van der Waals surface area contributed by atoms with Crippen molar-refractivity contribution in [3.05, 3.63) is 28.5 Å². The normalized spacial score (nSPS) is 10.9. The third-order valence-corrected chi connectivity index (χ3v) is 3.14. The largest absolute Gasteiger partial charge is 0.492 e. The molecule has 0 aliphatic heterocycles. The third kappa shape index (κ3) is 6.36. The second kappa shape index (κ2) is 8.48. The number of ether oxygens (including phenoxy) is 1. The van der Waals surface area contributed by atoms with Gasteiger partial charge in [0.2, 0.25) is 0 Å². The molecule has 0 atom stereocenters. The summed E-state index contributed by atoms with van der Waals surface area (Å²) in [7, 11) is 0. The minimum atomic E-state index is -0.256. The number of rotatable bonds is 8. The van der Waals surface area contributed by atoms with Crippen LogP contribution >= 0.6 is 15.9 Å². The Labute approximate surface area is 117 Å². The molecule has 18 heavy (non-hydrogen) atoms. The zero-order chi connectivity index (χ0) is 13.4. The van der Waals surface area contributed by atoms with E-state index in [1.165, 1.54) is 12.1 Å². The van der Waals surface area contributed by atoms with Crippen molar-refractivity contribution < 1.29 is 9.13 Å². The molecular weight excluding hydrogens is 297 g/mol. The van der Waals surface area contributed by atoms with Crippen molar-refractivity contribution in [1.29, 1.82) is 0 Å². The van der Waals surface area contributed by atoms with Crippen molar-refractivity contribution in [3.63, 3.8) is 0 Å². The molecule has 1 aromatic carbocycles. The van der Waals surface area contributed by atoms with E-state index >= 15 is 0 Å². The van der Waals surface area contributed by atoms with Crippen molar-refractivity contribution in [2.75, 3.05) is 13.2 Å². The summed E-state index contributed by atoms with van der Waals surface area (Å²) >= 11 is 3.28. The lowest BCUT2D eigenvalue weighted by Crippen LogP contribution is -2.23. The van der Waals surface area contributed by atoms with E-state index in [1.54, 1.807) is 6.07 Å². The van der Waals surface area contributed by atoms with Crippen LogP contribution in [0.2, 0.25) is 0 Å². The molecule has 0 saturated carbocycles. The highest BCUT2D eigenvalue weighted by Gasteiger charge is 2.02. The summed E-state index contributed by atoms with van der Waals surface area (Å²) in [5.41, 5.74) is 0. The van der Waals surface area contributed by atoms with Crippen LogP contribution in [0, 0.1) is 5.82 Å². The smallest absolute Gasteiger partial charge is 0.133 e. The van der Waals surface area contributed by atoms with Gasteiger partial charge in [-0.05, 0) is 59.9 Å². The molecule has 1 rings (SSSR count). The van der Waals surface area contributed by atoms with Crippen LogP contribution < -0.4 is 10.1 Å². The second-order valence-electron chi connectivity index (χ2n) is 4.59. The van der Waals surface area contributed by atoms with E-state index in [1.807, 2.05) is 0 Å². The molecule has 0 amide bonds. The van der Waals surface area contributed by atoms with Crippen LogP contribution in [0.1, 0.15) is 33.1 Å². The summed E-state index contributed by atoms with van der Waals surface area (Å²) < 4.78 is 19.1. The van der Waals surface area contributed by atoms with Crippen LogP contribution in [-0.4, -0.2) is 19.2 Å². The van der Waals surface area contributed by atoms with E-state index in [0.717, 1.165) is 25.8 Å². The van der Waals surface area contributed by atoms with E-state index in [-0.39, 0.29) is 5.82 Å². The van der Waals surface area contributed by atoms with Crippen LogP contribution in [0.15, 0.2) is 22.7 Å². The minimum absolute atomic E-state index is 0.256. The highest BCUT2D eigenvalue weighted by molar-refractivity contribution is 9.10. The Balaban J connectivity index is 2.11. The average Bonchev–Trinajstić information content (AvgIpc) is 2.30. The van der Waals surface area contributed by atoms with E-state index in [9.17, 15) is 4.39 Å². The van der Waals surface area contributed by atoms with Crippen LogP contribution in [0.25, 0.3) is 0 Å². The van der Waals surface area contributed by atoms with Crippen LogP contribution in [0.5, 0.6) is 5.75 Å². The van der Waals surface area contributed by atoms with Gasteiger partial charge in [-0.1, -0.05) is 13.8 Å². The summed E-state index contributed by atoms with van der Waals surface area (Å²) in [5, 5.41) is 3.38. The van der Waals surface area contributed by atoms with E-state index in [4.69, 9.17) is 4.74 Å². The lowest BCUT2D eigenvalue weighted by molar-refractivity contribution is 0.302. The molecule has 0 aliphatic rings. The highest BCUT2D eigenvalue weighted by atomic mass is 79.9. The maximum Gasteiger partial charge on any atom is 0.133 e. The van der Waals surface area contributed by atoms with E-state index in [2.05, 4.69) is 35.1 Å². The number of benzene rings is 1. The first kappa shape index (κ1) is 15.4. The molecule has 1 N–H and O–H groups in total. The number of nitrogens with one attached hydrogen (secondary N) is 1. The number of hydrogen-bond donors (Lipinski definition) is 1. The maximum atomic E-state index is 12.8. The lowest BCUT2D eigenvalue weighted by Gasteiger charge is -2.09. The van der Waals surface area contributed by atoms with Crippen molar-refractivity contribution >= 4 is 15.9 Å². The lowest BCUT2D eigenvalue weighted by atomic mass is 10.2. The monoisotopic (exact) mass is 317 g/mol. The summed E-state index contributed by atoms with van der Waals surface area (Å²) in [4.78, 5) is 0. The van der Waals surface area contributed by atoms with Crippen LogP contribution in [0.3, 0.4) is 0 Å². The highest BCUT2D eigenvalue weighted by Crippen LogP contribution is 2.25. The number of unbranched alkanes of at least 4 members (excludes halogenated alkanes) is 2. The molecule has 0 aromatic heterocycles. The zero-order valence-corrected chi connectivity index (χ0v) is 12.6. The van der Waals surface area contributed by atoms with Gasteiger partial charge in [0.05, 0.1) is 11.1 Å². The predicted molar refractivity (Wildman–Crippen MR) is 76.6 cm³/mol. The molecule has 1 aromatic rings. The van der Waals surface area contributed by atoms with Crippen molar-refractivity contribution in [2.45, 2.75) is 39.2 Å². The van der Waals surface area contributed by atoms with Gasteiger partial charge in [-0.3, -0.25) is 0 Å². The molecule has 0 spiro atoms. The Morgan fingerprint density at radius 1 is 1.28 bits per heavy atom. The van der Waals surface area contributed by atoms with Gasteiger partial charge in [0, 0.05) is 6.04 Å². The standard InChI is InChI=1S/C14H21BrFNO/c1-11(2)17-8-4-3-5-9-18-14-7-6-12(16)10-13(14)15/h6-7,10-11,17H,3-5,8-9H2,1-2H3. The molecule has 0 radical (unpaired) electrons. The van der Waals surface area contributed by atoms with E-state index < -0.39 is 0 Å². The fourth-order valence-corrected chi connectivity index (χ4v) is 2.03. The molecule has 0 saturated heterocycles. The van der Waals surface area contributed by atoms with Gasteiger partial charge in [-0.2, -0.15) is 0 Å². The SMILES string of the molecule is CC(C)NCCCCCOc1ccc(F)cc1Br. The maximum absolute atomic E-state index is 12.8. The fourth-order valence-electron chi connectivity index (χ4n) is 1.57. The molecule has 2 nitrogen and oxygen atoms in total. The van der Waals surface area contributed by atoms with Crippen molar-refractivity contribution in [2.24, 2.45) is 0 Å². The summed E-state index contributed by atoms with van der Waals surface area (Å²) in [6, 6.07) is 5.03. The third-order valence-electron chi connectivity index (χ3n) is 2.53. The first-order chi connectivity index (χ1) is 8.59. The van der Waals surface area contributed by atoms with Gasteiger partial charge in [0.1, 0.15) is 11.6 Å². The van der Waals surface area contributed by atoms with Crippen molar-refractivity contribution in [1.82, 2.24) is 5.32 Å². The van der Waals surface area contributed by atoms with E-state index in [0.29, 0.717) is 22.9 Å². The summed E-state index contributed by atoms with van der Waals surface area (Å²) in [5.74, 6) is 0.450. The van der Waals surface area contributed by atoms with Gasteiger partial charge in [-0.15, -0.1) is 0 Å². The molecule has 0 heterocycles. The predicted octanol–water partition coefficient (Wildman–Crippen LogP) is 4.14. The molecular formula is C14H21BrFNO. The Kier molecular flexibility index (Phi) is 7.28. The van der Waals surface area contributed by atoms with Crippen LogP contribution in [-0.2, 0) is 0 Å². The number of hydrogen-bond acceptors (Lipinski definition) is 2. The average molecular weight is 318 g/mol. The molecule has 0 unspecified atom stereocenters. The Bertz CT molecular complexity index is 358. The summed E-state index contributed by atoms with van der Waals surface area (Å²) in [6.45, 7) is 6.02. The van der Waals surface area contributed by atoms with Gasteiger partial charge >= 0.3 is 0 Å². The first-order valence-corrected chi connectivity index (χ1v) is 7.20.